The number of furan rings is 1. The first-order chi connectivity index (χ1) is 16.6. The molecule has 2 heterocycles. The summed E-state index contributed by atoms with van der Waals surface area (Å²) in [5, 5.41) is 7.26. The Morgan fingerprint density at radius 2 is 1.59 bits per heavy atom. The lowest BCUT2D eigenvalue weighted by molar-refractivity contribution is -0.121. The van der Waals surface area contributed by atoms with Gasteiger partial charge in [-0.3, -0.25) is 25.2 Å². The predicted molar refractivity (Wildman–Crippen MR) is 125 cm³/mol. The molecule has 3 amide bonds. The Morgan fingerprint density at radius 3 is 2.29 bits per heavy atom. The molecule has 0 aliphatic carbocycles. The standard InChI is InChI=1S/C25H23N5O4/c31-22(14-7-15-26-25(33)21-13-8-16-34-21)27-28-24(32)20-17-30(19-11-5-2-6-12-19)29-23(20)18-9-3-1-4-10-18/h1-6,8-13,16-17H,7,14-15H2,(H,26,33)(H,27,31)(H,28,32). The van der Waals surface area contributed by atoms with Gasteiger partial charge >= 0.3 is 0 Å². The normalized spacial score (nSPS) is 10.5. The van der Waals surface area contributed by atoms with Crippen LogP contribution in [0.1, 0.15) is 33.8 Å². The van der Waals surface area contributed by atoms with E-state index in [0.717, 1.165) is 11.3 Å². The molecule has 0 atom stereocenters. The van der Waals surface area contributed by atoms with E-state index in [0.29, 0.717) is 24.2 Å². The molecule has 2 aromatic heterocycles. The zero-order valence-corrected chi connectivity index (χ0v) is 18.2. The van der Waals surface area contributed by atoms with E-state index < -0.39 is 5.91 Å². The molecule has 0 fully saturated rings. The Bertz CT molecular complexity index is 1250. The second-order valence-electron chi connectivity index (χ2n) is 7.38. The van der Waals surface area contributed by atoms with Gasteiger partial charge in [0.25, 0.3) is 11.8 Å². The Balaban J connectivity index is 1.35. The van der Waals surface area contributed by atoms with Crippen LogP contribution in [-0.4, -0.2) is 34.0 Å². The van der Waals surface area contributed by atoms with Crippen LogP contribution in [0.5, 0.6) is 0 Å². The van der Waals surface area contributed by atoms with Crippen molar-refractivity contribution in [2.75, 3.05) is 6.54 Å². The third kappa shape index (κ3) is 5.57. The fraction of sp³-hybridized carbons (Fsp3) is 0.120. The Morgan fingerprint density at radius 1 is 0.853 bits per heavy atom. The Labute approximate surface area is 195 Å². The third-order valence-corrected chi connectivity index (χ3v) is 4.95. The number of hydrogen-bond donors (Lipinski definition) is 3. The molecule has 3 N–H and O–H groups in total. The largest absolute Gasteiger partial charge is 0.459 e. The van der Waals surface area contributed by atoms with Crippen molar-refractivity contribution < 1.29 is 18.8 Å². The zero-order valence-electron chi connectivity index (χ0n) is 18.2. The van der Waals surface area contributed by atoms with E-state index in [9.17, 15) is 14.4 Å². The van der Waals surface area contributed by atoms with Gasteiger partial charge in [0, 0.05) is 24.7 Å². The van der Waals surface area contributed by atoms with Gasteiger partial charge in [0.2, 0.25) is 5.91 Å². The molecule has 4 rings (SSSR count). The number of para-hydroxylation sites is 1. The number of rotatable bonds is 8. The second-order valence-corrected chi connectivity index (χ2v) is 7.38. The van der Waals surface area contributed by atoms with Gasteiger partial charge in [-0.25, -0.2) is 4.68 Å². The van der Waals surface area contributed by atoms with E-state index >= 15 is 0 Å². The molecular formula is C25H23N5O4. The summed E-state index contributed by atoms with van der Waals surface area (Å²) in [6, 6.07) is 22.0. The first-order valence-electron chi connectivity index (χ1n) is 10.7. The Kier molecular flexibility index (Phi) is 7.14. The van der Waals surface area contributed by atoms with E-state index in [1.165, 1.54) is 6.26 Å². The maximum atomic E-state index is 12.9. The number of benzene rings is 2. The highest BCUT2D eigenvalue weighted by Gasteiger charge is 2.19. The smallest absolute Gasteiger partial charge is 0.286 e. The minimum atomic E-state index is -0.486. The van der Waals surface area contributed by atoms with Gasteiger partial charge in [-0.2, -0.15) is 5.10 Å². The molecule has 2 aromatic carbocycles. The molecule has 0 unspecified atom stereocenters. The predicted octanol–water partition coefficient (Wildman–Crippen LogP) is 3.10. The van der Waals surface area contributed by atoms with Crippen LogP contribution in [0.2, 0.25) is 0 Å². The highest BCUT2D eigenvalue weighted by atomic mass is 16.3. The minimum absolute atomic E-state index is 0.119. The lowest BCUT2D eigenvalue weighted by Gasteiger charge is -2.08. The number of carbonyl (C=O) groups excluding carboxylic acids is 3. The van der Waals surface area contributed by atoms with Gasteiger partial charge in [-0.1, -0.05) is 48.5 Å². The fourth-order valence-electron chi connectivity index (χ4n) is 3.26. The van der Waals surface area contributed by atoms with E-state index in [4.69, 9.17) is 4.42 Å². The number of nitrogens with one attached hydrogen (secondary N) is 3. The van der Waals surface area contributed by atoms with Crippen molar-refractivity contribution in [1.82, 2.24) is 25.9 Å². The molecule has 9 heteroatoms. The summed E-state index contributed by atoms with van der Waals surface area (Å²) in [7, 11) is 0. The number of aromatic nitrogens is 2. The van der Waals surface area contributed by atoms with Gasteiger partial charge < -0.3 is 9.73 Å². The summed E-state index contributed by atoms with van der Waals surface area (Å²) in [5.41, 5.74) is 7.27. The van der Waals surface area contributed by atoms with Crippen LogP contribution in [0.3, 0.4) is 0 Å². The first-order valence-corrected chi connectivity index (χ1v) is 10.7. The van der Waals surface area contributed by atoms with E-state index in [1.807, 2.05) is 60.7 Å². The molecule has 0 saturated carbocycles. The monoisotopic (exact) mass is 457 g/mol. The SMILES string of the molecule is O=C(CCCNC(=O)c1ccco1)NNC(=O)c1cn(-c2ccccc2)nc1-c1ccccc1. The quantitative estimate of drug-likeness (QED) is 0.278. The summed E-state index contributed by atoms with van der Waals surface area (Å²) in [5.74, 6) is -0.998. The van der Waals surface area contributed by atoms with Gasteiger partial charge in [-0.05, 0) is 30.7 Å². The minimum Gasteiger partial charge on any atom is -0.459 e. The van der Waals surface area contributed by atoms with Gasteiger partial charge in [0.1, 0.15) is 5.69 Å². The fourth-order valence-corrected chi connectivity index (χ4v) is 3.26. The topological polar surface area (TPSA) is 118 Å². The maximum Gasteiger partial charge on any atom is 0.286 e. The summed E-state index contributed by atoms with van der Waals surface area (Å²) in [6.45, 7) is 0.295. The molecule has 4 aromatic rings. The van der Waals surface area contributed by atoms with Crippen molar-refractivity contribution in [3.05, 3.63) is 96.6 Å². The van der Waals surface area contributed by atoms with Crippen molar-refractivity contribution in [3.63, 3.8) is 0 Å². The van der Waals surface area contributed by atoms with Crippen LogP contribution in [-0.2, 0) is 4.79 Å². The third-order valence-electron chi connectivity index (χ3n) is 4.95. The number of nitrogens with zero attached hydrogens (tertiary/aromatic N) is 2. The average molecular weight is 457 g/mol. The van der Waals surface area contributed by atoms with Crippen molar-refractivity contribution in [2.24, 2.45) is 0 Å². The molecule has 0 bridgehead atoms. The van der Waals surface area contributed by atoms with Crippen molar-refractivity contribution >= 4 is 17.7 Å². The summed E-state index contributed by atoms with van der Waals surface area (Å²) < 4.78 is 6.63. The molecule has 0 aliphatic rings. The highest BCUT2D eigenvalue weighted by Crippen LogP contribution is 2.23. The molecule has 0 spiro atoms. The van der Waals surface area contributed by atoms with Crippen LogP contribution in [0.4, 0.5) is 0 Å². The molecule has 172 valence electrons. The van der Waals surface area contributed by atoms with Crippen molar-refractivity contribution in [2.45, 2.75) is 12.8 Å². The summed E-state index contributed by atoms with van der Waals surface area (Å²) in [4.78, 5) is 36.9. The molecule has 0 aliphatic heterocycles. The van der Waals surface area contributed by atoms with E-state index in [1.54, 1.807) is 23.0 Å². The number of hydrazine groups is 1. The second kappa shape index (κ2) is 10.8. The molecule has 9 nitrogen and oxygen atoms in total. The lowest BCUT2D eigenvalue weighted by Crippen LogP contribution is -2.41. The van der Waals surface area contributed by atoms with Crippen molar-refractivity contribution in [1.29, 1.82) is 0 Å². The average Bonchev–Trinajstić information content (AvgIpc) is 3.57. The summed E-state index contributed by atoms with van der Waals surface area (Å²) in [6.07, 6.45) is 3.56. The summed E-state index contributed by atoms with van der Waals surface area (Å²) >= 11 is 0. The van der Waals surface area contributed by atoms with Crippen LogP contribution >= 0.6 is 0 Å². The number of carbonyl (C=O) groups is 3. The van der Waals surface area contributed by atoms with Gasteiger partial charge in [0.05, 0.1) is 17.5 Å². The van der Waals surface area contributed by atoms with Gasteiger partial charge in [0.15, 0.2) is 5.76 Å². The Hall–Kier alpha value is -4.66. The van der Waals surface area contributed by atoms with Crippen LogP contribution in [0, 0.1) is 0 Å². The zero-order chi connectivity index (χ0) is 23.8. The number of amides is 3. The van der Waals surface area contributed by atoms with Crippen LogP contribution in [0.15, 0.2) is 89.7 Å². The maximum absolute atomic E-state index is 12.9. The lowest BCUT2D eigenvalue weighted by atomic mass is 10.1. The molecular weight excluding hydrogens is 434 g/mol. The highest BCUT2D eigenvalue weighted by molar-refractivity contribution is 6.00. The van der Waals surface area contributed by atoms with Gasteiger partial charge in [-0.15, -0.1) is 0 Å². The molecule has 34 heavy (non-hydrogen) atoms. The molecule has 0 radical (unpaired) electrons. The van der Waals surface area contributed by atoms with Crippen molar-refractivity contribution in [3.8, 4) is 16.9 Å². The first kappa shape index (κ1) is 22.5. The number of hydrogen-bond acceptors (Lipinski definition) is 5. The van der Waals surface area contributed by atoms with Crippen LogP contribution in [0.25, 0.3) is 16.9 Å². The molecule has 0 saturated heterocycles. The van der Waals surface area contributed by atoms with E-state index in [2.05, 4.69) is 21.3 Å². The van der Waals surface area contributed by atoms with E-state index in [-0.39, 0.29) is 24.0 Å². The van der Waals surface area contributed by atoms with Crippen LogP contribution < -0.4 is 16.2 Å².